The van der Waals surface area contributed by atoms with Gasteiger partial charge in [-0.1, -0.05) is 29.8 Å². The molecule has 0 saturated carbocycles. The summed E-state index contributed by atoms with van der Waals surface area (Å²) in [5, 5.41) is 9.91. The van der Waals surface area contributed by atoms with Crippen LogP contribution in [0.2, 0.25) is 5.02 Å². The largest absolute Gasteiger partial charge is 0.477 e. The van der Waals surface area contributed by atoms with Crippen LogP contribution in [0.5, 0.6) is 0 Å². The zero-order valence-electron chi connectivity index (χ0n) is 14.7. The van der Waals surface area contributed by atoms with E-state index in [9.17, 15) is 14.7 Å². The van der Waals surface area contributed by atoms with E-state index >= 15 is 0 Å². The van der Waals surface area contributed by atoms with Crippen molar-refractivity contribution in [1.29, 1.82) is 0 Å². The molecule has 0 unspecified atom stereocenters. The number of carbonyl (C=O) groups excluding carboxylic acids is 1. The molecule has 142 valence electrons. The molecule has 1 aromatic carbocycles. The van der Waals surface area contributed by atoms with Crippen LogP contribution in [0.1, 0.15) is 38.5 Å². The second kappa shape index (κ2) is 7.26. The van der Waals surface area contributed by atoms with Gasteiger partial charge in [-0.15, -0.1) is 11.3 Å². The summed E-state index contributed by atoms with van der Waals surface area (Å²) in [5.74, 6) is -0.831. The van der Waals surface area contributed by atoms with Crippen molar-refractivity contribution in [2.75, 3.05) is 19.7 Å². The highest BCUT2D eigenvalue weighted by Gasteiger charge is 2.43. The van der Waals surface area contributed by atoms with Crippen molar-refractivity contribution in [3.8, 4) is 0 Å². The molecule has 1 aromatic heterocycles. The number of piperidine rings is 1. The average Bonchev–Trinajstić information content (AvgIpc) is 3.11. The van der Waals surface area contributed by atoms with Crippen LogP contribution in [-0.4, -0.2) is 41.6 Å². The zero-order valence-corrected chi connectivity index (χ0v) is 16.3. The van der Waals surface area contributed by atoms with Gasteiger partial charge >= 0.3 is 5.97 Å². The molecule has 3 heterocycles. The van der Waals surface area contributed by atoms with Crippen LogP contribution >= 0.6 is 22.9 Å². The molecule has 0 bridgehead atoms. The number of rotatable bonds is 3. The molecule has 0 radical (unpaired) electrons. The number of nitrogens with zero attached hydrogens (tertiary/aromatic N) is 1. The first kappa shape index (κ1) is 18.5. The van der Waals surface area contributed by atoms with E-state index in [1.54, 1.807) is 12.1 Å². The van der Waals surface area contributed by atoms with Crippen LogP contribution in [0, 0.1) is 0 Å². The first-order valence-electron chi connectivity index (χ1n) is 9.00. The molecule has 1 saturated heterocycles. The molecule has 2 aromatic rings. The molecule has 1 amide bonds. The van der Waals surface area contributed by atoms with E-state index in [0.29, 0.717) is 48.9 Å². The van der Waals surface area contributed by atoms with Gasteiger partial charge in [-0.2, -0.15) is 0 Å². The maximum Gasteiger partial charge on any atom is 0.345 e. The molecule has 0 aliphatic carbocycles. The molecule has 2 aliphatic rings. The fourth-order valence-electron chi connectivity index (χ4n) is 3.97. The molecule has 2 aliphatic heterocycles. The molecular weight excluding hydrogens is 386 g/mol. The predicted molar refractivity (Wildman–Crippen MR) is 104 cm³/mol. The van der Waals surface area contributed by atoms with Gasteiger partial charge in [-0.05, 0) is 36.1 Å². The van der Waals surface area contributed by atoms with Crippen LogP contribution in [0.15, 0.2) is 30.3 Å². The third-order valence-corrected chi connectivity index (χ3v) is 6.99. The van der Waals surface area contributed by atoms with Gasteiger partial charge in [0.25, 0.3) is 0 Å². The van der Waals surface area contributed by atoms with E-state index in [-0.39, 0.29) is 5.91 Å². The van der Waals surface area contributed by atoms with Crippen molar-refractivity contribution >= 4 is 34.8 Å². The van der Waals surface area contributed by atoms with Crippen LogP contribution in [-0.2, 0) is 28.0 Å². The van der Waals surface area contributed by atoms with Gasteiger partial charge in [0, 0.05) is 29.4 Å². The Morgan fingerprint density at radius 2 is 2.00 bits per heavy atom. The Hall–Kier alpha value is -1.89. The average molecular weight is 406 g/mol. The Morgan fingerprint density at radius 3 is 2.70 bits per heavy atom. The maximum absolute atomic E-state index is 12.7. The molecule has 5 nitrogen and oxygen atoms in total. The summed E-state index contributed by atoms with van der Waals surface area (Å²) in [5.41, 5.74) is 1.39. The fraction of sp³-hybridized carbons (Fsp3) is 0.400. The van der Waals surface area contributed by atoms with Crippen molar-refractivity contribution in [3.63, 3.8) is 0 Å². The number of benzene rings is 1. The summed E-state index contributed by atoms with van der Waals surface area (Å²) in [6, 6.07) is 9.17. The number of hydrogen-bond acceptors (Lipinski definition) is 4. The minimum absolute atomic E-state index is 0.0607. The highest BCUT2D eigenvalue weighted by atomic mass is 35.5. The Morgan fingerprint density at radius 1 is 1.26 bits per heavy atom. The summed E-state index contributed by atoms with van der Waals surface area (Å²) < 4.78 is 6.15. The third kappa shape index (κ3) is 3.49. The number of carboxylic acid groups (broad SMARTS) is 1. The summed E-state index contributed by atoms with van der Waals surface area (Å²) in [6.45, 7) is 1.79. The first-order chi connectivity index (χ1) is 13.0. The number of hydrogen-bond donors (Lipinski definition) is 1. The Balaban J connectivity index is 1.47. The van der Waals surface area contributed by atoms with E-state index < -0.39 is 11.6 Å². The number of carbonyl (C=O) groups is 2. The van der Waals surface area contributed by atoms with Crippen LogP contribution in [0.25, 0.3) is 0 Å². The molecular formula is C20H20ClNO4S. The SMILES string of the molecule is O=C(O)c1cc2c(s1)CCOC21CCN(C(=O)Cc2ccccc2Cl)CC1. The van der Waals surface area contributed by atoms with Crippen LogP contribution in [0.4, 0.5) is 0 Å². The van der Waals surface area contributed by atoms with Gasteiger partial charge < -0.3 is 14.7 Å². The van der Waals surface area contributed by atoms with Gasteiger partial charge in [0.15, 0.2) is 0 Å². The Labute approximate surface area is 166 Å². The second-order valence-electron chi connectivity index (χ2n) is 6.99. The lowest BCUT2D eigenvalue weighted by Gasteiger charge is -2.44. The second-order valence-corrected chi connectivity index (χ2v) is 8.54. The van der Waals surface area contributed by atoms with E-state index in [1.807, 2.05) is 23.1 Å². The molecule has 7 heteroatoms. The Bertz CT molecular complexity index is 886. The lowest BCUT2D eigenvalue weighted by molar-refractivity contribution is -0.139. The monoisotopic (exact) mass is 405 g/mol. The molecule has 4 rings (SSSR count). The third-order valence-electron chi connectivity index (χ3n) is 5.44. The highest BCUT2D eigenvalue weighted by Crippen LogP contribution is 2.44. The molecule has 1 N–H and O–H groups in total. The summed E-state index contributed by atoms with van der Waals surface area (Å²) in [6.07, 6.45) is 2.42. The lowest BCUT2D eigenvalue weighted by atomic mass is 9.82. The van der Waals surface area contributed by atoms with Gasteiger partial charge in [0.2, 0.25) is 5.91 Å². The van der Waals surface area contributed by atoms with E-state index in [0.717, 1.165) is 22.4 Å². The number of carboxylic acids is 1. The number of fused-ring (bicyclic) bond motifs is 2. The summed E-state index contributed by atoms with van der Waals surface area (Å²) in [4.78, 5) is 27.3. The number of aromatic carboxylic acids is 1. The van der Waals surface area contributed by atoms with E-state index in [4.69, 9.17) is 16.3 Å². The van der Waals surface area contributed by atoms with Crippen molar-refractivity contribution in [2.24, 2.45) is 0 Å². The quantitative estimate of drug-likeness (QED) is 0.844. The van der Waals surface area contributed by atoms with Crippen molar-refractivity contribution in [1.82, 2.24) is 4.90 Å². The standard InChI is InChI=1S/C20H20ClNO4S/c21-15-4-2-1-3-13(15)11-18(23)22-8-6-20(7-9-22)14-12-17(19(24)25)27-16(14)5-10-26-20/h1-4,12H,5-11H2,(H,24,25). The topological polar surface area (TPSA) is 66.8 Å². The maximum atomic E-state index is 12.7. The smallest absolute Gasteiger partial charge is 0.345 e. The fourth-order valence-corrected chi connectivity index (χ4v) is 5.24. The number of amides is 1. The Kier molecular flexibility index (Phi) is 4.97. The highest BCUT2D eigenvalue weighted by molar-refractivity contribution is 7.14. The van der Waals surface area contributed by atoms with Gasteiger partial charge in [-0.25, -0.2) is 4.79 Å². The molecule has 1 fully saturated rings. The zero-order chi connectivity index (χ0) is 19.0. The van der Waals surface area contributed by atoms with Crippen molar-refractivity contribution in [2.45, 2.75) is 31.3 Å². The van der Waals surface area contributed by atoms with Gasteiger partial charge in [-0.3, -0.25) is 4.79 Å². The van der Waals surface area contributed by atoms with E-state index in [1.165, 1.54) is 11.3 Å². The number of likely N-dealkylation sites (tertiary alicyclic amines) is 1. The van der Waals surface area contributed by atoms with E-state index in [2.05, 4.69) is 0 Å². The van der Waals surface area contributed by atoms with Crippen molar-refractivity contribution < 1.29 is 19.4 Å². The number of halogens is 1. The minimum atomic E-state index is -0.892. The normalized spacial score (nSPS) is 18.3. The van der Waals surface area contributed by atoms with Gasteiger partial charge in [0.1, 0.15) is 4.88 Å². The molecule has 27 heavy (non-hydrogen) atoms. The molecule has 0 atom stereocenters. The van der Waals surface area contributed by atoms with Gasteiger partial charge in [0.05, 0.1) is 18.6 Å². The van der Waals surface area contributed by atoms with Crippen molar-refractivity contribution in [3.05, 3.63) is 56.2 Å². The molecule has 1 spiro atoms. The summed E-state index contributed by atoms with van der Waals surface area (Å²) in [7, 11) is 0. The number of ether oxygens (including phenoxy) is 1. The lowest BCUT2D eigenvalue weighted by Crippen LogP contribution is -2.48. The number of thiophene rings is 1. The van der Waals surface area contributed by atoms with Crippen LogP contribution < -0.4 is 0 Å². The van der Waals surface area contributed by atoms with Crippen LogP contribution in [0.3, 0.4) is 0 Å². The first-order valence-corrected chi connectivity index (χ1v) is 10.2. The minimum Gasteiger partial charge on any atom is -0.477 e. The predicted octanol–water partition coefficient (Wildman–Crippen LogP) is 3.73. The summed E-state index contributed by atoms with van der Waals surface area (Å²) >= 11 is 7.52.